The van der Waals surface area contributed by atoms with Gasteiger partial charge in [-0.25, -0.2) is 4.39 Å². The summed E-state index contributed by atoms with van der Waals surface area (Å²) in [5.74, 6) is 1.19. The molecule has 0 bridgehead atoms. The summed E-state index contributed by atoms with van der Waals surface area (Å²) in [5, 5.41) is 24.9. The van der Waals surface area contributed by atoms with Crippen LogP contribution in [0.15, 0.2) is 78.9 Å². The second-order valence-corrected chi connectivity index (χ2v) is 11.5. The minimum absolute atomic E-state index is 0.0171. The molecule has 9 nitrogen and oxygen atoms in total. The molecule has 3 N–H and O–H groups in total. The van der Waals surface area contributed by atoms with Crippen LogP contribution in [-0.4, -0.2) is 82.3 Å². The summed E-state index contributed by atoms with van der Waals surface area (Å²) in [6.07, 6.45) is -0.816. The third kappa shape index (κ3) is 9.19. The molecule has 0 amide bonds. The third-order valence-corrected chi connectivity index (χ3v) is 8.25. The van der Waals surface area contributed by atoms with Crippen molar-refractivity contribution in [2.24, 2.45) is 0 Å². The Labute approximate surface area is 275 Å². The molecule has 10 heteroatoms. The molecule has 1 heterocycles. The van der Waals surface area contributed by atoms with Gasteiger partial charge < -0.3 is 44.0 Å². The van der Waals surface area contributed by atoms with Crippen molar-refractivity contribution >= 4 is 10.8 Å². The van der Waals surface area contributed by atoms with Crippen molar-refractivity contribution in [1.82, 2.24) is 5.32 Å². The Bertz CT molecular complexity index is 1550. The maximum absolute atomic E-state index is 13.9. The standard InChI is InChI=1S/C37H44FNO8/c1-42-33-18-25(17-27-7-3-4-9-31(27)33)22-46-34-19-39-20-35(47-24-29(41)21-40)36(34)26-11-13-30(14-12-26)45-16-6-15-44-23-28-8-5-10-32(38)37(28)43-2/h3-5,7-14,17-18,29,34-36,39-41H,6,15-16,19-24H2,1-2H3/t29-,34+,35-,36-/m1/s1. The Kier molecular flexibility index (Phi) is 12.8. The summed E-state index contributed by atoms with van der Waals surface area (Å²) in [7, 11) is 3.11. The van der Waals surface area contributed by atoms with Gasteiger partial charge in [-0.3, -0.25) is 0 Å². The van der Waals surface area contributed by atoms with Gasteiger partial charge in [0.25, 0.3) is 0 Å². The van der Waals surface area contributed by atoms with E-state index in [2.05, 4.69) is 17.4 Å². The molecule has 1 fully saturated rings. The number of hydrogen-bond donors (Lipinski definition) is 3. The lowest BCUT2D eigenvalue weighted by Gasteiger charge is -2.39. The average molecular weight is 650 g/mol. The molecule has 252 valence electrons. The molecule has 4 aromatic rings. The fourth-order valence-corrected chi connectivity index (χ4v) is 5.91. The molecule has 0 aromatic heterocycles. The third-order valence-electron chi connectivity index (χ3n) is 8.25. The first-order chi connectivity index (χ1) is 23.0. The fraction of sp³-hybridized carbons (Fsp3) is 0.405. The first kappa shape index (κ1) is 34.6. The van der Waals surface area contributed by atoms with E-state index in [1.807, 2.05) is 48.5 Å². The molecule has 0 aliphatic carbocycles. The SMILES string of the molecule is COc1c(F)cccc1COCCCOc1ccc([C@@H]2[C@@H](OCc3cc(OC)c4ccccc4c3)CNC[C@H]2OC[C@H](O)CO)cc1. The lowest BCUT2D eigenvalue weighted by Crippen LogP contribution is -2.51. The Morgan fingerprint density at radius 3 is 2.43 bits per heavy atom. The van der Waals surface area contributed by atoms with Crippen LogP contribution in [0.4, 0.5) is 4.39 Å². The number of nitrogens with one attached hydrogen (secondary N) is 1. The summed E-state index contributed by atoms with van der Waals surface area (Å²) in [6, 6.07) is 24.9. The highest BCUT2D eigenvalue weighted by Crippen LogP contribution is 2.33. The number of ether oxygens (including phenoxy) is 6. The second kappa shape index (κ2) is 17.4. The van der Waals surface area contributed by atoms with E-state index in [1.165, 1.54) is 13.2 Å². The zero-order chi connectivity index (χ0) is 33.0. The van der Waals surface area contributed by atoms with E-state index >= 15 is 0 Å². The number of hydrogen-bond acceptors (Lipinski definition) is 9. The van der Waals surface area contributed by atoms with Crippen LogP contribution in [0.25, 0.3) is 10.8 Å². The molecule has 5 rings (SSSR count). The van der Waals surface area contributed by atoms with Crippen molar-refractivity contribution in [2.45, 2.75) is 43.9 Å². The predicted octanol–water partition coefficient (Wildman–Crippen LogP) is 4.99. The first-order valence-electron chi connectivity index (χ1n) is 15.9. The maximum Gasteiger partial charge on any atom is 0.165 e. The topological polar surface area (TPSA) is 108 Å². The monoisotopic (exact) mass is 649 g/mol. The minimum atomic E-state index is -0.961. The van der Waals surface area contributed by atoms with Crippen LogP contribution in [0, 0.1) is 5.82 Å². The number of benzene rings is 4. The quantitative estimate of drug-likeness (QED) is 0.136. The molecular formula is C37H44FNO8. The highest BCUT2D eigenvalue weighted by atomic mass is 19.1. The number of halogens is 1. The van der Waals surface area contributed by atoms with Crippen molar-refractivity contribution in [1.29, 1.82) is 0 Å². The fourth-order valence-electron chi connectivity index (χ4n) is 5.91. The van der Waals surface area contributed by atoms with Crippen molar-refractivity contribution < 1.29 is 43.0 Å². The summed E-state index contributed by atoms with van der Waals surface area (Å²) in [6.45, 7) is 2.39. The summed E-state index contributed by atoms with van der Waals surface area (Å²) in [5.41, 5.74) is 2.69. The van der Waals surface area contributed by atoms with Gasteiger partial charge in [-0.2, -0.15) is 0 Å². The Morgan fingerprint density at radius 2 is 1.66 bits per heavy atom. The van der Waals surface area contributed by atoms with Gasteiger partial charge in [0.2, 0.25) is 0 Å². The molecular weight excluding hydrogens is 605 g/mol. The molecule has 1 aliphatic heterocycles. The van der Waals surface area contributed by atoms with Crippen molar-refractivity contribution in [3.63, 3.8) is 0 Å². The Balaban J connectivity index is 1.20. The molecule has 0 spiro atoms. The minimum Gasteiger partial charge on any atom is -0.496 e. The molecule has 0 radical (unpaired) electrons. The van der Waals surface area contributed by atoms with Crippen LogP contribution in [-0.2, 0) is 27.4 Å². The zero-order valence-electron chi connectivity index (χ0n) is 26.9. The highest BCUT2D eigenvalue weighted by Gasteiger charge is 2.36. The normalized spacial score (nSPS) is 18.6. The highest BCUT2D eigenvalue weighted by molar-refractivity contribution is 5.89. The van der Waals surface area contributed by atoms with Gasteiger partial charge in [0.15, 0.2) is 11.6 Å². The molecule has 0 saturated carbocycles. The molecule has 0 unspecified atom stereocenters. The van der Waals surface area contributed by atoms with Gasteiger partial charge >= 0.3 is 0 Å². The lowest BCUT2D eigenvalue weighted by molar-refractivity contribution is -0.0833. The number of para-hydroxylation sites is 1. The first-order valence-corrected chi connectivity index (χ1v) is 15.9. The van der Waals surface area contributed by atoms with Crippen molar-refractivity contribution in [2.75, 3.05) is 53.7 Å². The van der Waals surface area contributed by atoms with Crippen molar-refractivity contribution in [3.05, 3.63) is 101 Å². The van der Waals surface area contributed by atoms with Crippen LogP contribution in [0.3, 0.4) is 0 Å². The van der Waals surface area contributed by atoms with E-state index < -0.39 is 11.9 Å². The second-order valence-electron chi connectivity index (χ2n) is 11.5. The molecule has 1 aliphatic rings. The molecule has 1 saturated heterocycles. The van der Waals surface area contributed by atoms with Gasteiger partial charge in [-0.1, -0.05) is 48.5 Å². The number of methoxy groups -OCH3 is 2. The summed E-state index contributed by atoms with van der Waals surface area (Å²) < 4.78 is 49.0. The Morgan fingerprint density at radius 1 is 0.872 bits per heavy atom. The number of aliphatic hydroxyl groups excluding tert-OH is 2. The zero-order valence-corrected chi connectivity index (χ0v) is 26.9. The van der Waals surface area contributed by atoms with Gasteiger partial charge in [0, 0.05) is 36.4 Å². The van der Waals surface area contributed by atoms with E-state index in [-0.39, 0.29) is 43.7 Å². The van der Waals surface area contributed by atoms with Gasteiger partial charge in [0.05, 0.1) is 66.1 Å². The average Bonchev–Trinajstić information content (AvgIpc) is 3.11. The van der Waals surface area contributed by atoms with E-state index in [4.69, 9.17) is 28.4 Å². The van der Waals surface area contributed by atoms with E-state index in [0.29, 0.717) is 44.9 Å². The van der Waals surface area contributed by atoms with Gasteiger partial charge in [-0.05, 0) is 46.8 Å². The van der Waals surface area contributed by atoms with Crippen LogP contribution in [0.2, 0.25) is 0 Å². The summed E-state index contributed by atoms with van der Waals surface area (Å²) >= 11 is 0. The predicted molar refractivity (Wildman–Crippen MR) is 177 cm³/mol. The smallest absolute Gasteiger partial charge is 0.165 e. The lowest BCUT2D eigenvalue weighted by atomic mass is 9.85. The number of fused-ring (bicyclic) bond motifs is 1. The van der Waals surface area contributed by atoms with E-state index in [0.717, 1.165) is 33.4 Å². The van der Waals surface area contributed by atoms with Crippen LogP contribution >= 0.6 is 0 Å². The van der Waals surface area contributed by atoms with E-state index in [1.54, 1.807) is 19.2 Å². The van der Waals surface area contributed by atoms with E-state index in [9.17, 15) is 14.6 Å². The summed E-state index contributed by atoms with van der Waals surface area (Å²) in [4.78, 5) is 0. The molecule has 4 aromatic carbocycles. The van der Waals surface area contributed by atoms with Gasteiger partial charge in [0.1, 0.15) is 17.6 Å². The van der Waals surface area contributed by atoms with Crippen LogP contribution in [0.5, 0.6) is 17.2 Å². The van der Waals surface area contributed by atoms with Crippen LogP contribution in [0.1, 0.15) is 29.0 Å². The number of aliphatic hydroxyl groups is 2. The number of rotatable bonds is 17. The molecule has 47 heavy (non-hydrogen) atoms. The number of piperidine rings is 1. The maximum atomic E-state index is 13.9. The Hall–Kier alpha value is -3.77. The largest absolute Gasteiger partial charge is 0.496 e. The van der Waals surface area contributed by atoms with Gasteiger partial charge in [-0.15, -0.1) is 0 Å². The molecule has 4 atom stereocenters. The van der Waals surface area contributed by atoms with Crippen LogP contribution < -0.4 is 19.5 Å². The van der Waals surface area contributed by atoms with Crippen molar-refractivity contribution in [3.8, 4) is 17.2 Å².